The maximum atomic E-state index is 12.9. The molecule has 1 aliphatic heterocycles. The minimum absolute atomic E-state index is 0.0967. The molecule has 4 atom stereocenters. The summed E-state index contributed by atoms with van der Waals surface area (Å²) in [7, 11) is 7.25. The number of hydrogen-bond acceptors (Lipinski definition) is 7. The maximum Gasteiger partial charge on any atom is 0.252 e. The monoisotopic (exact) mass is 535 g/mol. The van der Waals surface area contributed by atoms with E-state index in [1.165, 1.54) is 0 Å². The van der Waals surface area contributed by atoms with Crippen molar-refractivity contribution < 1.29 is 14.3 Å². The van der Waals surface area contributed by atoms with Crippen molar-refractivity contribution in [3.63, 3.8) is 0 Å². The lowest BCUT2D eigenvalue weighted by Gasteiger charge is -2.34. The highest BCUT2D eigenvalue weighted by atomic mass is 35.5. The van der Waals surface area contributed by atoms with Crippen LogP contribution in [0.1, 0.15) is 41.1 Å². The number of hydrazine groups is 1. The molecule has 0 radical (unpaired) electrons. The molecule has 4 unspecified atom stereocenters. The zero-order valence-electron chi connectivity index (χ0n) is 21.2. The molecule has 1 saturated carbocycles. The molecule has 36 heavy (non-hydrogen) atoms. The third kappa shape index (κ3) is 5.84. The number of amides is 1. The largest absolute Gasteiger partial charge is 0.495 e. The molecule has 1 amide bonds. The summed E-state index contributed by atoms with van der Waals surface area (Å²) in [5.74, 6) is 1.41. The first-order valence-corrected chi connectivity index (χ1v) is 13.0. The number of ether oxygens (including phenoxy) is 2. The van der Waals surface area contributed by atoms with Crippen molar-refractivity contribution in [2.24, 2.45) is 5.92 Å². The van der Waals surface area contributed by atoms with Gasteiger partial charge in [-0.3, -0.25) is 10.2 Å². The number of carbonyl (C=O) groups excluding carboxylic acids is 1. The van der Waals surface area contributed by atoms with E-state index in [0.717, 1.165) is 43.6 Å². The maximum absolute atomic E-state index is 12.9. The van der Waals surface area contributed by atoms with E-state index < -0.39 is 0 Å². The Balaban J connectivity index is 1.37. The van der Waals surface area contributed by atoms with Gasteiger partial charge in [-0.05, 0) is 63.5 Å². The first kappa shape index (κ1) is 26.8. The van der Waals surface area contributed by atoms with Crippen LogP contribution in [0.25, 0.3) is 0 Å². The van der Waals surface area contributed by atoms with E-state index in [1.807, 2.05) is 38.4 Å². The number of fused-ring (bicyclic) bond motifs is 1. The molecular weight excluding hydrogens is 501 g/mol. The molecule has 10 heteroatoms. The van der Waals surface area contributed by atoms with Crippen LogP contribution in [0.2, 0.25) is 10.0 Å². The Morgan fingerprint density at radius 1 is 1.06 bits per heavy atom. The molecule has 2 fully saturated rings. The van der Waals surface area contributed by atoms with Gasteiger partial charge >= 0.3 is 0 Å². The molecular formula is C26H35Cl2N5O3. The summed E-state index contributed by atoms with van der Waals surface area (Å²) in [6.07, 6.45) is 2.46. The SMILES string of the molecule is COc1cc(OC)c(Cl)c(C2CCC3C(C2)NNC3NC(=O)c2ccc(NCCN(C)C)cc2)c1Cl. The van der Waals surface area contributed by atoms with Crippen molar-refractivity contribution in [1.29, 1.82) is 0 Å². The van der Waals surface area contributed by atoms with Crippen LogP contribution in [0, 0.1) is 5.92 Å². The van der Waals surface area contributed by atoms with Gasteiger partial charge in [0.05, 0.1) is 30.4 Å². The Morgan fingerprint density at radius 2 is 1.72 bits per heavy atom. The van der Waals surface area contributed by atoms with E-state index >= 15 is 0 Å². The molecule has 2 aromatic carbocycles. The highest BCUT2D eigenvalue weighted by Crippen LogP contribution is 2.49. The first-order valence-electron chi connectivity index (χ1n) is 12.2. The Hall–Kier alpha value is -2.23. The van der Waals surface area contributed by atoms with Crippen LogP contribution in [0.4, 0.5) is 5.69 Å². The minimum Gasteiger partial charge on any atom is -0.495 e. The number of benzene rings is 2. The van der Waals surface area contributed by atoms with Gasteiger partial charge in [0, 0.05) is 47.9 Å². The predicted octanol–water partition coefficient (Wildman–Crippen LogP) is 4.10. The second-order valence-electron chi connectivity index (χ2n) is 9.65. The Bertz CT molecular complexity index is 1040. The summed E-state index contributed by atoms with van der Waals surface area (Å²) in [4.78, 5) is 15.1. The van der Waals surface area contributed by atoms with Gasteiger partial charge in [-0.25, -0.2) is 5.43 Å². The normalized spacial score (nSPS) is 23.3. The number of nitrogens with zero attached hydrogens (tertiary/aromatic N) is 1. The van der Waals surface area contributed by atoms with E-state index in [-0.39, 0.29) is 30.0 Å². The van der Waals surface area contributed by atoms with Gasteiger partial charge in [-0.15, -0.1) is 0 Å². The number of methoxy groups -OCH3 is 2. The van der Waals surface area contributed by atoms with Crippen molar-refractivity contribution in [3.8, 4) is 11.5 Å². The number of anilines is 1. The average Bonchev–Trinajstić information content (AvgIpc) is 3.26. The van der Waals surface area contributed by atoms with Crippen molar-refractivity contribution in [1.82, 2.24) is 21.1 Å². The fourth-order valence-electron chi connectivity index (χ4n) is 5.12. The van der Waals surface area contributed by atoms with Crippen molar-refractivity contribution in [2.75, 3.05) is 46.7 Å². The van der Waals surface area contributed by atoms with Crippen molar-refractivity contribution in [3.05, 3.63) is 51.5 Å². The number of hydrogen-bond donors (Lipinski definition) is 4. The second kappa shape index (κ2) is 11.9. The summed E-state index contributed by atoms with van der Waals surface area (Å²) in [5, 5.41) is 7.58. The molecule has 2 aliphatic rings. The van der Waals surface area contributed by atoms with Crippen LogP contribution in [0.15, 0.2) is 30.3 Å². The van der Waals surface area contributed by atoms with E-state index in [2.05, 4.69) is 26.4 Å². The van der Waals surface area contributed by atoms with Crippen LogP contribution < -0.4 is 31.0 Å². The highest BCUT2D eigenvalue weighted by molar-refractivity contribution is 6.38. The molecule has 196 valence electrons. The van der Waals surface area contributed by atoms with Crippen LogP contribution in [-0.4, -0.2) is 64.4 Å². The first-order chi connectivity index (χ1) is 17.3. The van der Waals surface area contributed by atoms with E-state index in [0.29, 0.717) is 27.1 Å². The van der Waals surface area contributed by atoms with Gasteiger partial charge in [0.25, 0.3) is 5.91 Å². The Morgan fingerprint density at radius 3 is 2.33 bits per heavy atom. The smallest absolute Gasteiger partial charge is 0.252 e. The molecule has 1 saturated heterocycles. The highest BCUT2D eigenvalue weighted by Gasteiger charge is 2.42. The van der Waals surface area contributed by atoms with Gasteiger partial charge in [0.15, 0.2) is 0 Å². The van der Waals surface area contributed by atoms with Gasteiger partial charge in [0.2, 0.25) is 0 Å². The lowest BCUT2D eigenvalue weighted by molar-refractivity contribution is 0.0915. The summed E-state index contributed by atoms with van der Waals surface area (Å²) in [5.41, 5.74) is 9.15. The average molecular weight is 537 g/mol. The standard InChI is InChI=1S/C26H35Cl2N5O3/c1-33(2)12-11-29-17-8-5-15(6-9-17)26(34)30-25-18-10-7-16(13-19(18)31-32-25)22-23(27)20(35-3)14-21(36-4)24(22)28/h5-6,8-9,14,16,18-19,25,29,31-32H,7,10-13H2,1-4H3,(H,30,34). The predicted molar refractivity (Wildman–Crippen MR) is 144 cm³/mol. The number of likely N-dealkylation sites (N-methyl/N-ethyl adjacent to an activating group) is 1. The van der Waals surface area contributed by atoms with Crippen LogP contribution in [-0.2, 0) is 0 Å². The minimum atomic E-state index is -0.160. The molecule has 0 spiro atoms. The number of nitrogens with one attached hydrogen (secondary N) is 4. The Kier molecular flexibility index (Phi) is 8.85. The van der Waals surface area contributed by atoms with Crippen LogP contribution in [0.3, 0.4) is 0 Å². The molecule has 1 aliphatic carbocycles. The van der Waals surface area contributed by atoms with Crippen LogP contribution in [0.5, 0.6) is 11.5 Å². The molecule has 0 bridgehead atoms. The molecule has 1 heterocycles. The summed E-state index contributed by atoms with van der Waals surface area (Å²) in [6.45, 7) is 1.79. The summed E-state index contributed by atoms with van der Waals surface area (Å²) in [6, 6.07) is 9.47. The number of halogens is 2. The zero-order chi connectivity index (χ0) is 25.8. The fourth-order valence-corrected chi connectivity index (χ4v) is 5.93. The van der Waals surface area contributed by atoms with Gasteiger partial charge in [-0.2, -0.15) is 0 Å². The molecule has 4 N–H and O–H groups in total. The number of rotatable bonds is 9. The molecule has 2 aromatic rings. The van der Waals surface area contributed by atoms with Crippen LogP contribution >= 0.6 is 23.2 Å². The van der Waals surface area contributed by atoms with E-state index in [9.17, 15) is 4.79 Å². The van der Waals surface area contributed by atoms with Gasteiger partial charge < -0.3 is 25.0 Å². The van der Waals surface area contributed by atoms with Crippen molar-refractivity contribution >= 4 is 34.8 Å². The lowest BCUT2D eigenvalue weighted by Crippen LogP contribution is -2.47. The van der Waals surface area contributed by atoms with E-state index in [1.54, 1.807) is 20.3 Å². The fraction of sp³-hybridized carbons (Fsp3) is 0.500. The van der Waals surface area contributed by atoms with Gasteiger partial charge in [-0.1, -0.05) is 23.2 Å². The van der Waals surface area contributed by atoms with Crippen molar-refractivity contribution in [2.45, 2.75) is 37.4 Å². The third-order valence-electron chi connectivity index (χ3n) is 7.09. The molecule has 0 aromatic heterocycles. The Labute approximate surface area is 223 Å². The summed E-state index contributed by atoms with van der Waals surface area (Å²) < 4.78 is 10.9. The zero-order valence-corrected chi connectivity index (χ0v) is 22.7. The topological polar surface area (TPSA) is 86.9 Å². The quantitative estimate of drug-likeness (QED) is 0.384. The van der Waals surface area contributed by atoms with Gasteiger partial charge in [0.1, 0.15) is 11.5 Å². The molecule has 4 rings (SSSR count). The molecule has 8 nitrogen and oxygen atoms in total. The second-order valence-corrected chi connectivity index (χ2v) is 10.4. The summed E-state index contributed by atoms with van der Waals surface area (Å²) >= 11 is 13.3. The number of carbonyl (C=O) groups is 1. The lowest BCUT2D eigenvalue weighted by atomic mass is 9.75. The van der Waals surface area contributed by atoms with E-state index in [4.69, 9.17) is 32.7 Å². The third-order valence-corrected chi connectivity index (χ3v) is 7.87.